The minimum absolute atomic E-state index is 0.212. The number of fused-ring (bicyclic) bond motifs is 1. The van der Waals surface area contributed by atoms with E-state index in [-0.39, 0.29) is 12.1 Å². The highest BCUT2D eigenvalue weighted by Crippen LogP contribution is 2.25. The number of nitrogens with zero attached hydrogens (tertiary/aromatic N) is 2. The largest absolute Gasteiger partial charge is 0.461 e. The zero-order valence-electron chi connectivity index (χ0n) is 10.7. The van der Waals surface area contributed by atoms with Crippen LogP contribution in [-0.2, 0) is 7.05 Å². The van der Waals surface area contributed by atoms with Crippen molar-refractivity contribution in [2.45, 2.75) is 37.8 Å². The van der Waals surface area contributed by atoms with Crippen LogP contribution in [0.25, 0.3) is 11.0 Å². The number of hydrogen-bond donors (Lipinski definition) is 1. The first-order valence-electron chi connectivity index (χ1n) is 6.58. The zero-order valence-corrected chi connectivity index (χ0v) is 10.7. The van der Waals surface area contributed by atoms with Crippen LogP contribution in [0.2, 0.25) is 0 Å². The summed E-state index contributed by atoms with van der Waals surface area (Å²) in [6, 6.07) is 9.06. The summed E-state index contributed by atoms with van der Waals surface area (Å²) in [7, 11) is 1.99. The molecule has 1 aromatic carbocycles. The summed E-state index contributed by atoms with van der Waals surface area (Å²) >= 11 is 0. The Bertz CT molecular complexity index is 549. The highest BCUT2D eigenvalue weighted by atomic mass is 16.5. The normalized spacial score (nSPS) is 24.3. The van der Waals surface area contributed by atoms with Crippen LogP contribution in [0.3, 0.4) is 0 Å². The van der Waals surface area contributed by atoms with Gasteiger partial charge in [0.1, 0.15) is 6.10 Å². The molecular formula is C14H19N3O. The van der Waals surface area contributed by atoms with Crippen molar-refractivity contribution in [2.75, 3.05) is 0 Å². The van der Waals surface area contributed by atoms with Crippen LogP contribution < -0.4 is 10.5 Å². The third-order valence-corrected chi connectivity index (χ3v) is 3.68. The molecule has 2 N–H and O–H groups in total. The molecule has 0 aliphatic heterocycles. The molecule has 1 aromatic heterocycles. The molecule has 18 heavy (non-hydrogen) atoms. The van der Waals surface area contributed by atoms with Crippen molar-refractivity contribution in [3.05, 3.63) is 24.3 Å². The average molecular weight is 245 g/mol. The van der Waals surface area contributed by atoms with Gasteiger partial charge in [-0.25, -0.2) is 0 Å². The Morgan fingerprint density at radius 1 is 1.33 bits per heavy atom. The molecule has 4 heteroatoms. The van der Waals surface area contributed by atoms with Gasteiger partial charge in [0.05, 0.1) is 11.0 Å². The third-order valence-electron chi connectivity index (χ3n) is 3.68. The monoisotopic (exact) mass is 245 g/mol. The molecule has 2 atom stereocenters. The molecule has 4 nitrogen and oxygen atoms in total. The number of ether oxygens (including phenoxy) is 1. The molecule has 1 fully saturated rings. The van der Waals surface area contributed by atoms with Gasteiger partial charge < -0.3 is 10.5 Å². The van der Waals surface area contributed by atoms with E-state index in [2.05, 4.69) is 11.1 Å². The van der Waals surface area contributed by atoms with Crippen molar-refractivity contribution >= 4 is 11.0 Å². The Hall–Kier alpha value is -1.55. The highest BCUT2D eigenvalue weighted by Gasteiger charge is 2.22. The van der Waals surface area contributed by atoms with E-state index in [9.17, 15) is 0 Å². The van der Waals surface area contributed by atoms with E-state index >= 15 is 0 Å². The first-order valence-corrected chi connectivity index (χ1v) is 6.58. The maximum absolute atomic E-state index is 6.01. The summed E-state index contributed by atoms with van der Waals surface area (Å²) in [5.74, 6) is 0. The lowest BCUT2D eigenvalue weighted by molar-refractivity contribution is 0.129. The van der Waals surface area contributed by atoms with Gasteiger partial charge in [-0.15, -0.1) is 0 Å². The predicted molar refractivity (Wildman–Crippen MR) is 71.6 cm³/mol. The van der Waals surface area contributed by atoms with Crippen molar-refractivity contribution in [2.24, 2.45) is 12.8 Å². The second-order valence-corrected chi connectivity index (χ2v) is 5.11. The minimum atomic E-state index is 0.212. The Balaban J connectivity index is 1.84. The smallest absolute Gasteiger partial charge is 0.297 e. The van der Waals surface area contributed by atoms with Gasteiger partial charge in [0, 0.05) is 13.1 Å². The summed E-state index contributed by atoms with van der Waals surface area (Å²) in [4.78, 5) is 4.53. The summed E-state index contributed by atoms with van der Waals surface area (Å²) < 4.78 is 8.02. The van der Waals surface area contributed by atoms with E-state index < -0.39 is 0 Å². The van der Waals surface area contributed by atoms with Crippen LogP contribution in [-0.4, -0.2) is 21.7 Å². The van der Waals surface area contributed by atoms with Crippen LogP contribution in [0, 0.1) is 0 Å². The zero-order chi connectivity index (χ0) is 12.5. The quantitative estimate of drug-likeness (QED) is 0.882. The van der Waals surface area contributed by atoms with E-state index in [0.717, 1.165) is 36.7 Å². The molecule has 3 rings (SSSR count). The fraction of sp³-hybridized carbons (Fsp3) is 0.500. The minimum Gasteiger partial charge on any atom is -0.461 e. The van der Waals surface area contributed by atoms with Crippen LogP contribution >= 0.6 is 0 Å². The second kappa shape index (κ2) is 4.61. The van der Waals surface area contributed by atoms with Crippen molar-refractivity contribution in [1.82, 2.24) is 9.55 Å². The van der Waals surface area contributed by atoms with Gasteiger partial charge in [0.2, 0.25) is 0 Å². The summed E-state index contributed by atoms with van der Waals surface area (Å²) in [6.45, 7) is 0. The number of aromatic nitrogens is 2. The molecular weight excluding hydrogens is 226 g/mol. The third kappa shape index (κ3) is 2.08. The first-order chi connectivity index (χ1) is 8.74. The van der Waals surface area contributed by atoms with Gasteiger partial charge in [-0.05, 0) is 37.8 Å². The van der Waals surface area contributed by atoms with Gasteiger partial charge in [-0.1, -0.05) is 12.1 Å². The van der Waals surface area contributed by atoms with Crippen molar-refractivity contribution < 1.29 is 4.74 Å². The molecule has 1 aliphatic rings. The molecule has 0 spiro atoms. The lowest BCUT2D eigenvalue weighted by Crippen LogP contribution is -2.34. The summed E-state index contributed by atoms with van der Waals surface area (Å²) in [6.07, 6.45) is 4.49. The molecule has 1 aliphatic carbocycles. The molecule has 2 unspecified atom stereocenters. The molecule has 0 radical (unpaired) electrons. The van der Waals surface area contributed by atoms with E-state index in [1.807, 2.05) is 29.8 Å². The lowest BCUT2D eigenvalue weighted by atomic mass is 9.94. The Morgan fingerprint density at radius 2 is 2.17 bits per heavy atom. The fourth-order valence-corrected chi connectivity index (χ4v) is 2.67. The number of benzene rings is 1. The number of rotatable bonds is 2. The molecule has 1 saturated carbocycles. The number of para-hydroxylation sites is 2. The standard InChI is InChI=1S/C14H19N3O/c1-17-13-8-3-2-7-12(13)16-14(17)18-11-6-4-5-10(15)9-11/h2-3,7-8,10-11H,4-6,9,15H2,1H3. The summed E-state index contributed by atoms with van der Waals surface area (Å²) in [5.41, 5.74) is 8.07. The number of imidazole rings is 1. The first kappa shape index (κ1) is 11.5. The maximum Gasteiger partial charge on any atom is 0.297 e. The van der Waals surface area contributed by atoms with Crippen molar-refractivity contribution in [3.8, 4) is 6.01 Å². The van der Waals surface area contributed by atoms with Crippen LogP contribution in [0.15, 0.2) is 24.3 Å². The van der Waals surface area contributed by atoms with E-state index in [1.54, 1.807) is 0 Å². The second-order valence-electron chi connectivity index (χ2n) is 5.11. The van der Waals surface area contributed by atoms with Gasteiger partial charge in [0.25, 0.3) is 6.01 Å². The Morgan fingerprint density at radius 3 is 2.94 bits per heavy atom. The topological polar surface area (TPSA) is 53.1 Å². The predicted octanol–water partition coefficient (Wildman–Crippen LogP) is 2.22. The van der Waals surface area contributed by atoms with Crippen LogP contribution in [0.5, 0.6) is 6.01 Å². The highest BCUT2D eigenvalue weighted by molar-refractivity contribution is 5.76. The number of hydrogen-bond acceptors (Lipinski definition) is 3. The SMILES string of the molecule is Cn1c(OC2CCCC(N)C2)nc2ccccc21. The Kier molecular flexibility index (Phi) is 2.96. The fourth-order valence-electron chi connectivity index (χ4n) is 2.67. The Labute approximate surface area is 107 Å². The van der Waals surface area contributed by atoms with Crippen molar-refractivity contribution in [1.29, 1.82) is 0 Å². The van der Waals surface area contributed by atoms with E-state index in [1.165, 1.54) is 0 Å². The van der Waals surface area contributed by atoms with Gasteiger partial charge >= 0.3 is 0 Å². The van der Waals surface area contributed by atoms with Gasteiger partial charge in [-0.3, -0.25) is 4.57 Å². The van der Waals surface area contributed by atoms with Gasteiger partial charge in [-0.2, -0.15) is 4.98 Å². The molecule has 0 amide bonds. The molecule has 2 aromatic rings. The molecule has 1 heterocycles. The number of aryl methyl sites for hydroxylation is 1. The maximum atomic E-state index is 6.01. The molecule has 0 bridgehead atoms. The lowest BCUT2D eigenvalue weighted by Gasteiger charge is -2.26. The molecule has 0 saturated heterocycles. The van der Waals surface area contributed by atoms with Gasteiger partial charge in [0.15, 0.2) is 0 Å². The van der Waals surface area contributed by atoms with E-state index in [4.69, 9.17) is 10.5 Å². The van der Waals surface area contributed by atoms with E-state index in [0.29, 0.717) is 6.01 Å². The van der Waals surface area contributed by atoms with Crippen molar-refractivity contribution in [3.63, 3.8) is 0 Å². The average Bonchev–Trinajstić information content (AvgIpc) is 2.67. The summed E-state index contributed by atoms with van der Waals surface area (Å²) in [5, 5.41) is 0. The number of nitrogens with two attached hydrogens (primary N) is 1. The van der Waals surface area contributed by atoms with Crippen LogP contribution in [0.4, 0.5) is 0 Å². The van der Waals surface area contributed by atoms with Crippen LogP contribution in [0.1, 0.15) is 25.7 Å². The molecule has 96 valence electrons.